The second-order valence-electron chi connectivity index (χ2n) is 8.46. The average Bonchev–Trinajstić information content (AvgIpc) is 3.06. The summed E-state index contributed by atoms with van der Waals surface area (Å²) in [7, 11) is -3.87. The van der Waals surface area contributed by atoms with Crippen LogP contribution in [0, 0.1) is 6.92 Å². The van der Waals surface area contributed by atoms with Crippen LogP contribution in [0.2, 0.25) is 0 Å². The van der Waals surface area contributed by atoms with Crippen LogP contribution in [0.3, 0.4) is 0 Å². The molecular weight excluding hydrogens is 456 g/mol. The predicted octanol–water partition coefficient (Wildman–Crippen LogP) is 2.90. The quantitative estimate of drug-likeness (QED) is 0.511. The van der Waals surface area contributed by atoms with Gasteiger partial charge in [-0.15, -0.1) is 0 Å². The van der Waals surface area contributed by atoms with Gasteiger partial charge < -0.3 is 10.4 Å². The third-order valence-corrected chi connectivity index (χ3v) is 6.91. The molecule has 33 heavy (non-hydrogen) atoms. The first kappa shape index (κ1) is 23.2. The highest BCUT2D eigenvalue weighted by Crippen LogP contribution is 2.40. The van der Waals surface area contributed by atoms with Gasteiger partial charge in [0.25, 0.3) is 12.0 Å². The molecule has 2 heterocycles. The van der Waals surface area contributed by atoms with Crippen molar-refractivity contribution >= 4 is 32.7 Å². The van der Waals surface area contributed by atoms with Crippen LogP contribution in [0.25, 0.3) is 11.0 Å². The molecule has 0 aliphatic heterocycles. The van der Waals surface area contributed by atoms with Crippen LogP contribution in [-0.4, -0.2) is 33.7 Å². The molecule has 0 amide bonds. The number of aromatic nitrogens is 3. The number of aryl methyl sites for hydroxylation is 1. The van der Waals surface area contributed by atoms with Crippen molar-refractivity contribution in [2.45, 2.75) is 56.1 Å². The van der Waals surface area contributed by atoms with Gasteiger partial charge in [0.2, 0.25) is 16.0 Å². The van der Waals surface area contributed by atoms with Crippen molar-refractivity contribution in [2.75, 3.05) is 5.32 Å². The van der Waals surface area contributed by atoms with Crippen molar-refractivity contribution < 1.29 is 22.3 Å². The normalized spacial score (nSPS) is 21.1. The van der Waals surface area contributed by atoms with Crippen molar-refractivity contribution in [1.82, 2.24) is 14.5 Å². The Morgan fingerprint density at radius 1 is 1.33 bits per heavy atom. The van der Waals surface area contributed by atoms with Gasteiger partial charge in [-0.2, -0.15) is 4.98 Å². The molecule has 1 aliphatic carbocycles. The third-order valence-electron chi connectivity index (χ3n) is 6.00. The standard InChI is InChI=1S/C21H23F2N5O4S/c1-11-8-13(33(24,31)32)5-6-15(11)26-20-25-10-12-9-14(17(22)23)19(29)28(18(12)27-20)16-4-3-7-21(16,2)30/h5-6,8-10,16-17,30H,3-4,7H2,1-2H3,(H2,24,31,32)(H,25,26,27)/t16-,21-/m1/s1. The highest BCUT2D eigenvalue weighted by molar-refractivity contribution is 7.89. The summed E-state index contributed by atoms with van der Waals surface area (Å²) in [5, 5.41) is 19.1. The summed E-state index contributed by atoms with van der Waals surface area (Å²) < 4.78 is 51.4. The number of primary sulfonamides is 1. The number of fused-ring (bicyclic) bond motifs is 1. The maximum atomic E-state index is 13.6. The highest BCUT2D eigenvalue weighted by Gasteiger charge is 2.40. The summed E-state index contributed by atoms with van der Waals surface area (Å²) >= 11 is 0. The highest BCUT2D eigenvalue weighted by atomic mass is 32.2. The maximum absolute atomic E-state index is 13.6. The van der Waals surface area contributed by atoms with E-state index < -0.39 is 39.2 Å². The molecular formula is C21H23F2N5O4S. The zero-order valence-electron chi connectivity index (χ0n) is 17.9. The van der Waals surface area contributed by atoms with Gasteiger partial charge in [0.15, 0.2) is 0 Å². The van der Waals surface area contributed by atoms with Gasteiger partial charge in [0.05, 0.1) is 22.1 Å². The van der Waals surface area contributed by atoms with E-state index in [1.807, 2.05) is 0 Å². The predicted molar refractivity (Wildman–Crippen MR) is 118 cm³/mol. The zero-order valence-corrected chi connectivity index (χ0v) is 18.7. The van der Waals surface area contributed by atoms with Crippen LogP contribution >= 0.6 is 0 Å². The minimum atomic E-state index is -3.87. The number of nitrogens with zero attached hydrogens (tertiary/aromatic N) is 3. The Hall–Kier alpha value is -2.96. The number of alkyl halides is 2. The zero-order chi connectivity index (χ0) is 24.1. The largest absolute Gasteiger partial charge is 0.388 e. The molecule has 0 spiro atoms. The molecule has 2 aromatic heterocycles. The van der Waals surface area contributed by atoms with Gasteiger partial charge >= 0.3 is 0 Å². The van der Waals surface area contributed by atoms with Gasteiger partial charge in [-0.1, -0.05) is 0 Å². The molecule has 0 radical (unpaired) electrons. The second kappa shape index (κ2) is 8.12. The number of halogens is 2. The lowest BCUT2D eigenvalue weighted by Crippen LogP contribution is -2.38. The summed E-state index contributed by atoms with van der Waals surface area (Å²) in [6.07, 6.45) is -0.163. The van der Waals surface area contributed by atoms with E-state index >= 15 is 0 Å². The number of nitrogens with one attached hydrogen (secondary N) is 1. The number of nitrogens with two attached hydrogens (primary N) is 1. The summed E-state index contributed by atoms with van der Waals surface area (Å²) in [5.74, 6) is 0.0737. The van der Waals surface area contributed by atoms with Crippen LogP contribution in [0.4, 0.5) is 20.4 Å². The van der Waals surface area contributed by atoms with Gasteiger partial charge in [-0.3, -0.25) is 9.36 Å². The number of sulfonamides is 1. The number of aliphatic hydroxyl groups is 1. The van der Waals surface area contributed by atoms with E-state index in [2.05, 4.69) is 15.3 Å². The summed E-state index contributed by atoms with van der Waals surface area (Å²) in [6, 6.07) is 4.56. The molecule has 0 saturated heterocycles. The van der Waals surface area contributed by atoms with Gasteiger partial charge in [-0.25, -0.2) is 27.3 Å². The van der Waals surface area contributed by atoms with Gasteiger partial charge in [-0.05, 0) is 62.9 Å². The molecule has 4 rings (SSSR count). The Bertz CT molecular complexity index is 1410. The van der Waals surface area contributed by atoms with E-state index in [9.17, 15) is 27.1 Å². The molecule has 0 bridgehead atoms. The van der Waals surface area contributed by atoms with E-state index in [4.69, 9.17) is 5.14 Å². The number of hydrogen-bond donors (Lipinski definition) is 3. The van der Waals surface area contributed by atoms with E-state index in [0.29, 0.717) is 30.5 Å². The monoisotopic (exact) mass is 479 g/mol. The third kappa shape index (κ3) is 4.33. The SMILES string of the molecule is Cc1cc(S(N)(=O)=O)ccc1Nc1ncc2cc(C(F)F)c(=O)n([C@@H]3CCC[C@@]3(C)O)c2n1. The first-order valence-corrected chi connectivity index (χ1v) is 11.8. The Labute approximate surface area is 188 Å². The molecule has 176 valence electrons. The topological polar surface area (TPSA) is 140 Å². The fraction of sp³-hybridized carbons (Fsp3) is 0.381. The molecule has 1 aliphatic rings. The summed E-state index contributed by atoms with van der Waals surface area (Å²) in [5.41, 5.74) is -1.67. The lowest BCUT2D eigenvalue weighted by Gasteiger charge is -2.28. The Morgan fingerprint density at radius 2 is 2.06 bits per heavy atom. The molecule has 0 unspecified atom stereocenters. The van der Waals surface area contributed by atoms with Crippen LogP contribution < -0.4 is 16.0 Å². The van der Waals surface area contributed by atoms with Crippen LogP contribution in [0.5, 0.6) is 0 Å². The van der Waals surface area contributed by atoms with E-state index in [1.165, 1.54) is 24.4 Å². The molecule has 2 atom stereocenters. The van der Waals surface area contributed by atoms with Crippen molar-refractivity contribution in [3.8, 4) is 0 Å². The molecule has 1 saturated carbocycles. The Balaban J connectivity index is 1.84. The Morgan fingerprint density at radius 3 is 2.64 bits per heavy atom. The lowest BCUT2D eigenvalue weighted by molar-refractivity contribution is 0.0261. The average molecular weight is 480 g/mol. The fourth-order valence-electron chi connectivity index (χ4n) is 4.26. The first-order chi connectivity index (χ1) is 15.4. The van der Waals surface area contributed by atoms with Crippen molar-refractivity contribution in [3.05, 3.63) is 51.9 Å². The minimum absolute atomic E-state index is 0.0539. The van der Waals surface area contributed by atoms with Crippen LogP contribution in [0.1, 0.15) is 49.8 Å². The van der Waals surface area contributed by atoms with E-state index in [1.54, 1.807) is 13.8 Å². The number of anilines is 2. The van der Waals surface area contributed by atoms with Crippen molar-refractivity contribution in [1.29, 1.82) is 0 Å². The molecule has 12 heteroatoms. The van der Waals surface area contributed by atoms with E-state index in [0.717, 1.165) is 10.6 Å². The lowest BCUT2D eigenvalue weighted by atomic mass is 9.99. The number of pyridine rings is 1. The van der Waals surface area contributed by atoms with Crippen molar-refractivity contribution in [3.63, 3.8) is 0 Å². The first-order valence-electron chi connectivity index (χ1n) is 10.2. The summed E-state index contributed by atoms with van der Waals surface area (Å²) in [4.78, 5) is 21.5. The molecule has 9 nitrogen and oxygen atoms in total. The number of benzene rings is 1. The van der Waals surface area contributed by atoms with Crippen LogP contribution in [-0.2, 0) is 10.0 Å². The van der Waals surface area contributed by atoms with Gasteiger partial charge in [0.1, 0.15) is 5.65 Å². The van der Waals surface area contributed by atoms with E-state index in [-0.39, 0.29) is 21.9 Å². The molecule has 3 aromatic rings. The van der Waals surface area contributed by atoms with Crippen molar-refractivity contribution in [2.24, 2.45) is 5.14 Å². The number of rotatable bonds is 5. The number of hydrogen-bond acceptors (Lipinski definition) is 7. The molecule has 1 aromatic carbocycles. The molecule has 1 fully saturated rings. The maximum Gasteiger partial charge on any atom is 0.269 e. The summed E-state index contributed by atoms with van der Waals surface area (Å²) in [6.45, 7) is 3.24. The van der Waals surface area contributed by atoms with Crippen LogP contribution in [0.15, 0.2) is 40.2 Å². The van der Waals surface area contributed by atoms with Gasteiger partial charge in [0, 0.05) is 17.3 Å². The minimum Gasteiger partial charge on any atom is -0.388 e. The smallest absolute Gasteiger partial charge is 0.269 e. The Kier molecular flexibility index (Phi) is 5.71. The molecule has 4 N–H and O–H groups in total. The second-order valence-corrected chi connectivity index (χ2v) is 10.0. The fourth-order valence-corrected chi connectivity index (χ4v) is 4.86.